The summed E-state index contributed by atoms with van der Waals surface area (Å²) < 4.78 is 0. The summed E-state index contributed by atoms with van der Waals surface area (Å²) in [5.74, 6) is 0.485. The van der Waals surface area contributed by atoms with E-state index in [1.165, 1.54) is 49.6 Å². The molecule has 8 rings (SSSR count). The maximum atomic E-state index is 12.6. The van der Waals surface area contributed by atoms with E-state index in [4.69, 9.17) is 0 Å². The van der Waals surface area contributed by atoms with E-state index in [0.29, 0.717) is 18.0 Å². The number of nitrogens with one attached hydrogen (secondary N) is 4. The summed E-state index contributed by atoms with van der Waals surface area (Å²) in [6, 6.07) is 14.4. The van der Waals surface area contributed by atoms with Gasteiger partial charge < -0.3 is 30.4 Å². The Balaban J connectivity index is 0.000000162. The molecule has 1 fully saturated rings. The predicted molar refractivity (Wildman–Crippen MR) is 212 cm³/mol. The number of urea groups is 2. The molecule has 0 bridgehead atoms. The summed E-state index contributed by atoms with van der Waals surface area (Å²) in [7, 11) is 2.16. The largest absolute Gasteiger partial charge is 0.361 e. The Morgan fingerprint density at radius 1 is 0.808 bits per heavy atom. The Kier molecular flexibility index (Phi) is 10.7. The van der Waals surface area contributed by atoms with Crippen LogP contribution in [0.1, 0.15) is 75.6 Å². The molecule has 10 heteroatoms. The fraction of sp³-hybridized carbons (Fsp3) is 0.524. The van der Waals surface area contributed by atoms with Crippen LogP contribution < -0.4 is 10.6 Å². The highest BCUT2D eigenvalue weighted by molar-refractivity contribution is 5.98. The van der Waals surface area contributed by atoms with Crippen LogP contribution in [0.15, 0.2) is 54.9 Å². The molecule has 5 atom stereocenters. The molecule has 4 N–H and O–H groups in total. The topological polar surface area (TPSA) is 103 Å². The van der Waals surface area contributed by atoms with Gasteiger partial charge in [-0.3, -0.25) is 9.80 Å². The summed E-state index contributed by atoms with van der Waals surface area (Å²) in [5.41, 5.74) is 9.40. The molecule has 2 aliphatic heterocycles. The van der Waals surface area contributed by atoms with Crippen LogP contribution in [0, 0.1) is 0 Å². The van der Waals surface area contributed by atoms with Crippen LogP contribution in [0.3, 0.4) is 0 Å². The van der Waals surface area contributed by atoms with Crippen LogP contribution in [-0.4, -0.2) is 119 Å². The molecular weight excluding hydrogens is 649 g/mol. The molecular formula is C42H58N8O2. The van der Waals surface area contributed by atoms with Crippen molar-refractivity contribution in [2.75, 3.05) is 52.9 Å². The molecule has 2 aliphatic carbocycles. The zero-order valence-corrected chi connectivity index (χ0v) is 32.0. The summed E-state index contributed by atoms with van der Waals surface area (Å²) in [6.45, 7) is 16.2. The van der Waals surface area contributed by atoms with Gasteiger partial charge in [0.05, 0.1) is 6.04 Å². The van der Waals surface area contributed by atoms with E-state index in [1.54, 1.807) is 0 Å². The summed E-state index contributed by atoms with van der Waals surface area (Å²) >= 11 is 0. The Morgan fingerprint density at radius 3 is 2.12 bits per heavy atom. The third-order valence-electron chi connectivity index (χ3n) is 12.1. The SMILES string of the molecule is CCCN1C[C@@H](NC(=O)N(CC)CC)CC2c3cccc4[nH]cc(c34)CC21.CCN(CC)C(=O)N[C@H]1C=C2c3cccc4[nH]cc(c34)CC2N(C)C1. The maximum Gasteiger partial charge on any atom is 0.317 e. The van der Waals surface area contributed by atoms with Crippen molar-refractivity contribution < 1.29 is 9.59 Å². The molecule has 2 aromatic carbocycles. The zero-order valence-electron chi connectivity index (χ0n) is 32.0. The van der Waals surface area contributed by atoms with Crippen molar-refractivity contribution in [3.8, 4) is 0 Å². The van der Waals surface area contributed by atoms with Crippen molar-refractivity contribution in [2.24, 2.45) is 0 Å². The lowest BCUT2D eigenvalue weighted by Gasteiger charge is -2.47. The Morgan fingerprint density at radius 2 is 1.44 bits per heavy atom. The normalized spacial score (nSPS) is 23.6. The minimum atomic E-state index is 0.0232. The van der Waals surface area contributed by atoms with Crippen molar-refractivity contribution in [3.05, 3.63) is 77.1 Å². The third-order valence-corrected chi connectivity index (χ3v) is 12.1. The second kappa shape index (κ2) is 15.4. The first-order chi connectivity index (χ1) is 25.3. The van der Waals surface area contributed by atoms with Gasteiger partial charge >= 0.3 is 12.1 Å². The van der Waals surface area contributed by atoms with E-state index < -0.39 is 0 Å². The second-order valence-corrected chi connectivity index (χ2v) is 15.1. The van der Waals surface area contributed by atoms with Gasteiger partial charge in [0.2, 0.25) is 0 Å². The standard InChI is InChI=1S/C22H32N4O.C20H26N4O/c1-4-10-26-14-16(24-22(27)25(5-2)6-3)12-18-17-8-7-9-19-21(17)15(13-23-19)11-20(18)26;1-4-24(5-2)20(25)22-14-10-16-15-7-6-8-17-19(15)13(11-21-17)9-18(16)23(3)12-14/h7-9,13,16,18,20,23H,4-6,10-12,14H2,1-3H3,(H,24,27);6-8,10-11,14,18,21H,4-5,9,12H2,1-3H3,(H,22,25)/t16-,18?,20?;14-,18?/m00/s1. The number of hydrogen-bond donors (Lipinski definition) is 4. The van der Waals surface area contributed by atoms with E-state index in [1.807, 2.05) is 37.5 Å². The Labute approximate surface area is 309 Å². The summed E-state index contributed by atoms with van der Waals surface area (Å²) in [5, 5.41) is 9.29. The maximum absolute atomic E-state index is 12.6. The Bertz CT molecular complexity index is 1920. The number of aromatic nitrogens is 2. The molecule has 0 spiro atoms. The van der Waals surface area contributed by atoms with E-state index in [9.17, 15) is 9.59 Å². The second-order valence-electron chi connectivity index (χ2n) is 15.1. The molecule has 4 aromatic rings. The van der Waals surface area contributed by atoms with Crippen LogP contribution in [-0.2, 0) is 12.8 Å². The van der Waals surface area contributed by atoms with Crippen molar-refractivity contribution in [2.45, 2.75) is 90.4 Å². The monoisotopic (exact) mass is 706 g/mol. The first-order valence-corrected chi connectivity index (χ1v) is 19.7. The van der Waals surface area contributed by atoms with Crippen LogP contribution in [0.4, 0.5) is 9.59 Å². The van der Waals surface area contributed by atoms with E-state index >= 15 is 0 Å². The average molecular weight is 707 g/mol. The molecule has 1 saturated heterocycles. The van der Waals surface area contributed by atoms with Gasteiger partial charge in [-0.25, -0.2) is 9.59 Å². The number of likely N-dealkylation sites (tertiary alicyclic amines) is 1. The van der Waals surface area contributed by atoms with Gasteiger partial charge in [-0.1, -0.05) is 37.3 Å². The number of carbonyl (C=O) groups excluding carboxylic acids is 2. The number of rotatable bonds is 8. The number of H-pyrrole nitrogens is 2. The highest BCUT2D eigenvalue weighted by atomic mass is 16.2. The number of nitrogens with zero attached hydrogens (tertiary/aromatic N) is 4. The number of amides is 4. The lowest BCUT2D eigenvalue weighted by atomic mass is 9.74. The molecule has 52 heavy (non-hydrogen) atoms. The summed E-state index contributed by atoms with van der Waals surface area (Å²) in [6.07, 6.45) is 10.9. The molecule has 2 aromatic heterocycles. The van der Waals surface area contributed by atoms with Gasteiger partial charge in [-0.05, 0) is 107 Å². The van der Waals surface area contributed by atoms with E-state index in [0.717, 1.165) is 71.5 Å². The Hall–Kier alpha value is -4.28. The highest BCUT2D eigenvalue weighted by Gasteiger charge is 2.41. The van der Waals surface area contributed by atoms with Crippen molar-refractivity contribution in [1.82, 2.24) is 40.2 Å². The molecule has 10 nitrogen and oxygen atoms in total. The fourth-order valence-electron chi connectivity index (χ4n) is 9.53. The number of carbonyl (C=O) groups is 2. The van der Waals surface area contributed by atoms with Crippen molar-refractivity contribution in [3.63, 3.8) is 0 Å². The number of piperidine rings is 1. The first-order valence-electron chi connectivity index (χ1n) is 19.7. The molecule has 3 unspecified atom stereocenters. The van der Waals surface area contributed by atoms with Crippen molar-refractivity contribution >= 4 is 39.4 Å². The van der Waals surface area contributed by atoms with Crippen LogP contribution in [0.5, 0.6) is 0 Å². The van der Waals surface area contributed by atoms with Gasteiger partial charge in [0, 0.05) is 97.5 Å². The minimum absolute atomic E-state index is 0.0232. The van der Waals surface area contributed by atoms with Crippen LogP contribution >= 0.6 is 0 Å². The number of benzene rings is 2. The quantitative estimate of drug-likeness (QED) is 0.167. The van der Waals surface area contributed by atoms with Gasteiger partial charge in [0.25, 0.3) is 0 Å². The van der Waals surface area contributed by atoms with E-state index in [-0.39, 0.29) is 24.1 Å². The van der Waals surface area contributed by atoms with Crippen LogP contribution in [0.2, 0.25) is 0 Å². The van der Waals surface area contributed by atoms with Crippen LogP contribution in [0.25, 0.3) is 27.4 Å². The number of likely N-dealkylation sites (N-methyl/N-ethyl adjacent to an activating group) is 1. The van der Waals surface area contributed by atoms with Gasteiger partial charge in [0.15, 0.2) is 0 Å². The summed E-state index contributed by atoms with van der Waals surface area (Å²) in [4.78, 5) is 40.6. The lowest BCUT2D eigenvalue weighted by Crippen LogP contribution is -2.57. The molecule has 4 amide bonds. The molecule has 0 radical (unpaired) electrons. The smallest absolute Gasteiger partial charge is 0.317 e. The average Bonchev–Trinajstić information content (AvgIpc) is 3.76. The van der Waals surface area contributed by atoms with Gasteiger partial charge in [-0.15, -0.1) is 0 Å². The molecule has 0 saturated carbocycles. The number of aromatic amines is 2. The molecule has 4 aliphatic rings. The van der Waals surface area contributed by atoms with E-state index in [2.05, 4.69) is 99.2 Å². The van der Waals surface area contributed by atoms with Gasteiger partial charge in [-0.2, -0.15) is 0 Å². The molecule has 4 heterocycles. The number of hydrogen-bond acceptors (Lipinski definition) is 4. The number of fused-ring (bicyclic) bond motifs is 4. The highest BCUT2D eigenvalue weighted by Crippen LogP contribution is 2.44. The third kappa shape index (κ3) is 6.71. The zero-order chi connectivity index (χ0) is 36.5. The molecule has 278 valence electrons. The first kappa shape index (κ1) is 36.1. The van der Waals surface area contributed by atoms with Crippen molar-refractivity contribution in [1.29, 1.82) is 0 Å². The predicted octanol–water partition coefficient (Wildman–Crippen LogP) is 6.55. The fourth-order valence-corrected chi connectivity index (χ4v) is 9.53. The lowest BCUT2D eigenvalue weighted by molar-refractivity contribution is 0.0980. The minimum Gasteiger partial charge on any atom is -0.361 e. The van der Waals surface area contributed by atoms with Gasteiger partial charge in [0.1, 0.15) is 0 Å².